The van der Waals surface area contributed by atoms with Crippen LogP contribution < -0.4 is 0 Å². The van der Waals surface area contributed by atoms with Gasteiger partial charge in [0.05, 0.1) is 5.52 Å². The summed E-state index contributed by atoms with van der Waals surface area (Å²) in [5, 5.41) is 12.7. The van der Waals surface area contributed by atoms with Crippen LogP contribution in [0.25, 0.3) is 33.9 Å². The van der Waals surface area contributed by atoms with Gasteiger partial charge < -0.3 is 4.52 Å². The second-order valence-corrected chi connectivity index (χ2v) is 6.66. The fourth-order valence-electron chi connectivity index (χ4n) is 3.06. The molecule has 0 saturated heterocycles. The molecule has 0 spiro atoms. The largest absolute Gasteiger partial charge is 0.334 e. The topological polar surface area (TPSA) is 69.6 Å². The van der Waals surface area contributed by atoms with Crippen molar-refractivity contribution in [3.8, 4) is 22.8 Å². The molecule has 4 aromatic rings. The van der Waals surface area contributed by atoms with E-state index in [0.717, 1.165) is 40.2 Å². The molecule has 2 heterocycles. The Labute approximate surface area is 144 Å². The van der Waals surface area contributed by atoms with Crippen molar-refractivity contribution in [3.63, 3.8) is 0 Å². The number of hydrogen-bond acceptors (Lipinski definition) is 5. The van der Waals surface area contributed by atoms with Crippen LogP contribution in [0.3, 0.4) is 0 Å². The predicted octanol–water partition coefficient (Wildman–Crippen LogP) is 3.87. The number of aryl methyl sites for hydroxylation is 1. The van der Waals surface area contributed by atoms with Gasteiger partial charge in [-0.15, -0.1) is 5.10 Å². The lowest BCUT2D eigenvalue weighted by molar-refractivity contribution is 0.432. The SMILES string of the molecule is Cc1ccccc1-c1noc(-c2ccc3c(c2)nnn3CC2CC2)n1. The Balaban J connectivity index is 1.50. The standard InChI is InChI=1S/C19H17N5O/c1-12-4-2-3-5-15(12)18-20-19(25-22-18)14-8-9-17-16(10-14)21-23-24(17)11-13-6-7-13/h2-5,8-10,13H,6-7,11H2,1H3. The zero-order valence-corrected chi connectivity index (χ0v) is 13.9. The molecule has 0 bridgehead atoms. The smallest absolute Gasteiger partial charge is 0.258 e. The second kappa shape index (κ2) is 5.51. The first kappa shape index (κ1) is 14.3. The highest BCUT2D eigenvalue weighted by molar-refractivity contribution is 5.79. The van der Waals surface area contributed by atoms with Gasteiger partial charge in [0.25, 0.3) is 5.89 Å². The molecule has 6 nitrogen and oxygen atoms in total. The minimum Gasteiger partial charge on any atom is -0.334 e. The van der Waals surface area contributed by atoms with E-state index in [1.807, 2.05) is 54.1 Å². The minimum absolute atomic E-state index is 0.497. The third kappa shape index (κ3) is 2.59. The summed E-state index contributed by atoms with van der Waals surface area (Å²) in [6.07, 6.45) is 2.59. The van der Waals surface area contributed by atoms with Gasteiger partial charge in [0, 0.05) is 17.7 Å². The van der Waals surface area contributed by atoms with Crippen molar-refractivity contribution in [2.24, 2.45) is 5.92 Å². The Bertz CT molecular complexity index is 1060. The lowest BCUT2D eigenvalue weighted by Crippen LogP contribution is -2.01. The van der Waals surface area contributed by atoms with Crippen molar-refractivity contribution in [2.75, 3.05) is 0 Å². The summed E-state index contributed by atoms with van der Waals surface area (Å²) in [5.41, 5.74) is 4.86. The molecule has 0 amide bonds. The van der Waals surface area contributed by atoms with Crippen LogP contribution in [0.5, 0.6) is 0 Å². The monoisotopic (exact) mass is 331 g/mol. The highest BCUT2D eigenvalue weighted by Gasteiger charge is 2.23. The van der Waals surface area contributed by atoms with Crippen LogP contribution >= 0.6 is 0 Å². The number of benzene rings is 2. The third-order valence-electron chi connectivity index (χ3n) is 4.70. The summed E-state index contributed by atoms with van der Waals surface area (Å²) in [5.74, 6) is 1.86. The molecule has 1 fully saturated rings. The zero-order valence-electron chi connectivity index (χ0n) is 13.9. The molecule has 2 aromatic heterocycles. The van der Waals surface area contributed by atoms with Crippen LogP contribution in [0.15, 0.2) is 47.0 Å². The van der Waals surface area contributed by atoms with E-state index >= 15 is 0 Å². The lowest BCUT2D eigenvalue weighted by atomic mass is 10.1. The maximum atomic E-state index is 5.47. The van der Waals surface area contributed by atoms with Crippen molar-refractivity contribution in [1.29, 1.82) is 0 Å². The van der Waals surface area contributed by atoms with Gasteiger partial charge in [-0.25, -0.2) is 4.68 Å². The maximum absolute atomic E-state index is 5.47. The summed E-state index contributed by atoms with van der Waals surface area (Å²) in [6.45, 7) is 2.99. The van der Waals surface area contributed by atoms with Gasteiger partial charge in [0.1, 0.15) is 5.52 Å². The molecule has 0 atom stereocenters. The molecule has 1 saturated carbocycles. The van der Waals surface area contributed by atoms with Gasteiger partial charge in [-0.3, -0.25) is 0 Å². The molecular formula is C19H17N5O. The number of fused-ring (bicyclic) bond motifs is 1. The summed E-state index contributed by atoms with van der Waals surface area (Å²) in [6, 6.07) is 14.0. The van der Waals surface area contributed by atoms with E-state index in [1.165, 1.54) is 12.8 Å². The highest BCUT2D eigenvalue weighted by Crippen LogP contribution is 2.32. The molecule has 0 aliphatic heterocycles. The van der Waals surface area contributed by atoms with Crippen LogP contribution in [0.1, 0.15) is 18.4 Å². The Hall–Kier alpha value is -3.02. The molecule has 25 heavy (non-hydrogen) atoms. The van der Waals surface area contributed by atoms with Crippen LogP contribution in [-0.2, 0) is 6.54 Å². The zero-order chi connectivity index (χ0) is 16.8. The average molecular weight is 331 g/mol. The average Bonchev–Trinajstić information content (AvgIpc) is 3.16. The van der Waals surface area contributed by atoms with E-state index in [0.29, 0.717) is 11.7 Å². The molecule has 2 aromatic carbocycles. The van der Waals surface area contributed by atoms with Crippen LogP contribution in [0.4, 0.5) is 0 Å². The minimum atomic E-state index is 0.497. The van der Waals surface area contributed by atoms with Crippen LogP contribution in [-0.4, -0.2) is 25.1 Å². The van der Waals surface area contributed by atoms with Gasteiger partial charge in [-0.2, -0.15) is 4.98 Å². The first-order chi connectivity index (χ1) is 12.3. The van der Waals surface area contributed by atoms with Crippen LogP contribution in [0, 0.1) is 12.8 Å². The van der Waals surface area contributed by atoms with Crippen molar-refractivity contribution in [1.82, 2.24) is 25.1 Å². The summed E-state index contributed by atoms with van der Waals surface area (Å²) in [7, 11) is 0. The Morgan fingerprint density at radius 3 is 2.88 bits per heavy atom. The molecule has 1 aliphatic rings. The number of nitrogens with zero attached hydrogens (tertiary/aromatic N) is 5. The van der Waals surface area contributed by atoms with Crippen molar-refractivity contribution in [2.45, 2.75) is 26.3 Å². The first-order valence-corrected chi connectivity index (χ1v) is 8.51. The van der Waals surface area contributed by atoms with Crippen molar-refractivity contribution < 1.29 is 4.52 Å². The van der Waals surface area contributed by atoms with Gasteiger partial charge in [-0.05, 0) is 49.4 Å². The molecular weight excluding hydrogens is 314 g/mol. The van der Waals surface area contributed by atoms with E-state index < -0.39 is 0 Å². The fourth-order valence-corrected chi connectivity index (χ4v) is 3.06. The number of rotatable bonds is 4. The normalized spacial score (nSPS) is 14.3. The third-order valence-corrected chi connectivity index (χ3v) is 4.70. The van der Waals surface area contributed by atoms with E-state index in [1.54, 1.807) is 0 Å². The molecule has 1 aliphatic carbocycles. The van der Waals surface area contributed by atoms with E-state index in [4.69, 9.17) is 4.52 Å². The Kier molecular flexibility index (Phi) is 3.16. The molecule has 124 valence electrons. The summed E-state index contributed by atoms with van der Waals surface area (Å²) >= 11 is 0. The second-order valence-electron chi connectivity index (χ2n) is 6.66. The van der Waals surface area contributed by atoms with Gasteiger partial charge in [0.15, 0.2) is 0 Å². The first-order valence-electron chi connectivity index (χ1n) is 8.51. The molecule has 0 unspecified atom stereocenters. The molecule has 0 N–H and O–H groups in total. The van der Waals surface area contributed by atoms with Gasteiger partial charge in [0.2, 0.25) is 5.82 Å². The summed E-state index contributed by atoms with van der Waals surface area (Å²) in [4.78, 5) is 4.55. The van der Waals surface area contributed by atoms with Crippen molar-refractivity contribution in [3.05, 3.63) is 48.0 Å². The molecule has 5 rings (SSSR count). The number of aromatic nitrogens is 5. The predicted molar refractivity (Wildman–Crippen MR) is 93.7 cm³/mol. The quantitative estimate of drug-likeness (QED) is 0.568. The molecule has 0 radical (unpaired) electrons. The molecule has 6 heteroatoms. The summed E-state index contributed by atoms with van der Waals surface area (Å²) < 4.78 is 7.46. The number of hydrogen-bond donors (Lipinski definition) is 0. The van der Waals surface area contributed by atoms with E-state index in [2.05, 4.69) is 20.5 Å². The Morgan fingerprint density at radius 1 is 1.16 bits per heavy atom. The highest BCUT2D eigenvalue weighted by atomic mass is 16.5. The van der Waals surface area contributed by atoms with Gasteiger partial charge in [-0.1, -0.05) is 34.6 Å². The maximum Gasteiger partial charge on any atom is 0.258 e. The Morgan fingerprint density at radius 2 is 2.04 bits per heavy atom. The van der Waals surface area contributed by atoms with Crippen molar-refractivity contribution >= 4 is 11.0 Å². The van der Waals surface area contributed by atoms with Gasteiger partial charge >= 0.3 is 0 Å². The fraction of sp³-hybridized carbons (Fsp3) is 0.263. The van der Waals surface area contributed by atoms with E-state index in [9.17, 15) is 0 Å². The van der Waals surface area contributed by atoms with Crippen LogP contribution in [0.2, 0.25) is 0 Å². The van der Waals surface area contributed by atoms with E-state index in [-0.39, 0.29) is 0 Å². The lowest BCUT2D eigenvalue weighted by Gasteiger charge is -2.00.